The number of hydrogen-bond acceptors (Lipinski definition) is 4. The van der Waals surface area contributed by atoms with Crippen LogP contribution in [0.15, 0.2) is 35.7 Å². The largest absolute Gasteiger partial charge is 0.493 e. The minimum Gasteiger partial charge on any atom is -0.493 e. The van der Waals surface area contributed by atoms with Crippen molar-refractivity contribution >= 4 is 22.9 Å². The van der Waals surface area contributed by atoms with Gasteiger partial charge in [-0.2, -0.15) is 0 Å². The number of ether oxygens (including phenoxy) is 1. The molecule has 0 aliphatic rings. The second kappa shape index (κ2) is 5.55. The summed E-state index contributed by atoms with van der Waals surface area (Å²) < 4.78 is 5.57. The fraction of sp³-hybridized carbons (Fsp3) is 0.154. The highest BCUT2D eigenvalue weighted by Gasteiger charge is 2.07. The maximum Gasteiger partial charge on any atom is 0.250 e. The number of primary amides is 1. The van der Waals surface area contributed by atoms with E-state index in [1.165, 1.54) is 4.88 Å². The zero-order valence-corrected chi connectivity index (χ0v) is 10.6. The fourth-order valence-electron chi connectivity index (χ4n) is 1.56. The number of anilines is 1. The topological polar surface area (TPSA) is 78.3 Å². The lowest BCUT2D eigenvalue weighted by molar-refractivity contribution is 0.100. The molecule has 1 aromatic carbocycles. The summed E-state index contributed by atoms with van der Waals surface area (Å²) in [6, 6.07) is 9.00. The van der Waals surface area contributed by atoms with Crippen LogP contribution in [-0.2, 0) is 6.42 Å². The number of nitrogen functional groups attached to an aromatic ring is 1. The molecule has 0 radical (unpaired) electrons. The van der Waals surface area contributed by atoms with Crippen LogP contribution in [0, 0.1) is 0 Å². The van der Waals surface area contributed by atoms with Gasteiger partial charge in [0, 0.05) is 17.0 Å². The van der Waals surface area contributed by atoms with Crippen LogP contribution in [0.4, 0.5) is 5.69 Å². The number of amides is 1. The molecule has 0 fully saturated rings. The van der Waals surface area contributed by atoms with Crippen molar-refractivity contribution in [2.24, 2.45) is 5.73 Å². The van der Waals surface area contributed by atoms with E-state index in [0.29, 0.717) is 23.6 Å². The molecule has 2 aromatic rings. The van der Waals surface area contributed by atoms with Crippen LogP contribution in [0.2, 0.25) is 0 Å². The average Bonchev–Trinajstić information content (AvgIpc) is 2.84. The summed E-state index contributed by atoms with van der Waals surface area (Å²) in [6.07, 6.45) is 0.841. The highest BCUT2D eigenvalue weighted by molar-refractivity contribution is 7.09. The van der Waals surface area contributed by atoms with Crippen molar-refractivity contribution in [2.75, 3.05) is 12.3 Å². The van der Waals surface area contributed by atoms with Crippen molar-refractivity contribution in [2.45, 2.75) is 6.42 Å². The summed E-state index contributed by atoms with van der Waals surface area (Å²) in [4.78, 5) is 12.4. The fourth-order valence-corrected chi connectivity index (χ4v) is 2.25. The first-order chi connectivity index (χ1) is 8.66. The third-order valence-corrected chi connectivity index (χ3v) is 3.42. The van der Waals surface area contributed by atoms with E-state index >= 15 is 0 Å². The highest BCUT2D eigenvalue weighted by atomic mass is 32.1. The molecule has 1 heterocycles. The van der Waals surface area contributed by atoms with Gasteiger partial charge >= 0.3 is 0 Å². The summed E-state index contributed by atoms with van der Waals surface area (Å²) in [7, 11) is 0. The summed E-state index contributed by atoms with van der Waals surface area (Å²) in [6.45, 7) is 0.558. The molecule has 0 bridgehead atoms. The Morgan fingerprint density at radius 1 is 1.33 bits per heavy atom. The first kappa shape index (κ1) is 12.4. The Bertz CT molecular complexity index is 538. The Balaban J connectivity index is 1.97. The minimum atomic E-state index is -0.545. The molecule has 0 saturated carbocycles. The number of carbonyl (C=O) groups is 1. The van der Waals surface area contributed by atoms with E-state index in [9.17, 15) is 4.79 Å². The van der Waals surface area contributed by atoms with Crippen LogP contribution >= 0.6 is 11.3 Å². The van der Waals surface area contributed by atoms with Crippen LogP contribution in [0.1, 0.15) is 15.2 Å². The van der Waals surface area contributed by atoms with Crippen molar-refractivity contribution in [3.05, 3.63) is 46.2 Å². The van der Waals surface area contributed by atoms with E-state index in [-0.39, 0.29) is 0 Å². The zero-order valence-electron chi connectivity index (χ0n) is 9.76. The molecule has 4 nitrogen and oxygen atoms in total. The predicted molar refractivity (Wildman–Crippen MR) is 72.9 cm³/mol. The molecule has 0 atom stereocenters. The quantitative estimate of drug-likeness (QED) is 0.809. The minimum absolute atomic E-state index is 0.295. The summed E-state index contributed by atoms with van der Waals surface area (Å²) in [5.41, 5.74) is 11.5. The number of nitrogens with two attached hydrogens (primary N) is 2. The number of hydrogen-bond donors (Lipinski definition) is 2. The third-order valence-electron chi connectivity index (χ3n) is 2.49. The average molecular weight is 262 g/mol. The van der Waals surface area contributed by atoms with Crippen LogP contribution in [0.3, 0.4) is 0 Å². The predicted octanol–water partition coefficient (Wildman–Crippen LogP) is 2.05. The third kappa shape index (κ3) is 3.01. The number of thiophene rings is 1. The molecule has 0 spiro atoms. The van der Waals surface area contributed by atoms with Gasteiger partial charge in [-0.25, -0.2) is 0 Å². The molecule has 0 aliphatic carbocycles. The van der Waals surface area contributed by atoms with Crippen molar-refractivity contribution < 1.29 is 9.53 Å². The van der Waals surface area contributed by atoms with Gasteiger partial charge in [0.15, 0.2) is 0 Å². The van der Waals surface area contributed by atoms with Crippen LogP contribution in [0.5, 0.6) is 5.75 Å². The van der Waals surface area contributed by atoms with Gasteiger partial charge in [0.1, 0.15) is 5.75 Å². The lowest BCUT2D eigenvalue weighted by atomic mass is 10.1. The second-order valence-corrected chi connectivity index (χ2v) is 4.82. The van der Waals surface area contributed by atoms with Gasteiger partial charge in [-0.05, 0) is 29.6 Å². The Labute approximate surface area is 109 Å². The van der Waals surface area contributed by atoms with Crippen molar-refractivity contribution in [1.82, 2.24) is 0 Å². The van der Waals surface area contributed by atoms with Crippen LogP contribution < -0.4 is 16.2 Å². The van der Waals surface area contributed by atoms with E-state index in [1.54, 1.807) is 29.5 Å². The Morgan fingerprint density at radius 2 is 2.17 bits per heavy atom. The SMILES string of the molecule is NC(=O)c1cc(OCCc2cccs2)ccc1N. The summed E-state index contributed by atoms with van der Waals surface area (Å²) in [5, 5.41) is 2.03. The van der Waals surface area contributed by atoms with Gasteiger partial charge in [-0.15, -0.1) is 11.3 Å². The maximum absolute atomic E-state index is 11.1. The number of carbonyl (C=O) groups excluding carboxylic acids is 1. The van der Waals surface area contributed by atoms with Crippen LogP contribution in [0.25, 0.3) is 0 Å². The zero-order chi connectivity index (χ0) is 13.0. The van der Waals surface area contributed by atoms with Gasteiger partial charge in [-0.3, -0.25) is 4.79 Å². The summed E-state index contributed by atoms with van der Waals surface area (Å²) >= 11 is 1.69. The van der Waals surface area contributed by atoms with Gasteiger partial charge in [0.2, 0.25) is 0 Å². The lowest BCUT2D eigenvalue weighted by Gasteiger charge is -2.08. The maximum atomic E-state index is 11.1. The van der Waals surface area contributed by atoms with E-state index in [1.807, 2.05) is 11.4 Å². The Kier molecular flexibility index (Phi) is 3.84. The van der Waals surface area contributed by atoms with Gasteiger partial charge in [0.05, 0.1) is 12.2 Å². The van der Waals surface area contributed by atoms with E-state index in [2.05, 4.69) is 6.07 Å². The van der Waals surface area contributed by atoms with Crippen molar-refractivity contribution in [3.63, 3.8) is 0 Å². The van der Waals surface area contributed by atoms with E-state index < -0.39 is 5.91 Å². The second-order valence-electron chi connectivity index (χ2n) is 3.79. The van der Waals surface area contributed by atoms with Gasteiger partial charge < -0.3 is 16.2 Å². The molecule has 5 heteroatoms. The van der Waals surface area contributed by atoms with Gasteiger partial charge in [-0.1, -0.05) is 6.07 Å². The van der Waals surface area contributed by atoms with Crippen LogP contribution in [-0.4, -0.2) is 12.5 Å². The standard InChI is InChI=1S/C13H14N2O2S/c14-12-4-3-9(8-11(12)13(15)16)17-6-5-10-2-1-7-18-10/h1-4,7-8H,5-6,14H2,(H2,15,16). The smallest absolute Gasteiger partial charge is 0.250 e. The Morgan fingerprint density at radius 3 is 2.83 bits per heavy atom. The van der Waals surface area contributed by atoms with E-state index in [0.717, 1.165) is 6.42 Å². The molecule has 0 aliphatic heterocycles. The summed E-state index contributed by atoms with van der Waals surface area (Å²) in [5.74, 6) is 0.0609. The van der Waals surface area contributed by atoms with E-state index in [4.69, 9.17) is 16.2 Å². The molecule has 1 aromatic heterocycles. The highest BCUT2D eigenvalue weighted by Crippen LogP contribution is 2.19. The number of rotatable bonds is 5. The normalized spacial score (nSPS) is 10.2. The molecule has 2 rings (SSSR count). The molecule has 0 unspecified atom stereocenters. The molecule has 4 N–H and O–H groups in total. The van der Waals surface area contributed by atoms with Gasteiger partial charge in [0.25, 0.3) is 5.91 Å². The van der Waals surface area contributed by atoms with Crippen molar-refractivity contribution in [1.29, 1.82) is 0 Å². The molecule has 0 saturated heterocycles. The first-order valence-electron chi connectivity index (χ1n) is 5.51. The molecule has 1 amide bonds. The molecule has 18 heavy (non-hydrogen) atoms. The Hall–Kier alpha value is -2.01. The molecular formula is C13H14N2O2S. The number of benzene rings is 1. The lowest BCUT2D eigenvalue weighted by Crippen LogP contribution is -2.13. The monoisotopic (exact) mass is 262 g/mol. The molecular weight excluding hydrogens is 248 g/mol. The van der Waals surface area contributed by atoms with Crippen molar-refractivity contribution in [3.8, 4) is 5.75 Å². The molecule has 94 valence electrons. The first-order valence-corrected chi connectivity index (χ1v) is 6.39.